The fourth-order valence-corrected chi connectivity index (χ4v) is 13.3. The van der Waals surface area contributed by atoms with Crippen molar-refractivity contribution in [3.05, 3.63) is 140 Å². The third-order valence-corrected chi connectivity index (χ3v) is 16.0. The van der Waals surface area contributed by atoms with Gasteiger partial charge in [0.1, 0.15) is 21.4 Å². The molecule has 4 aromatic rings. The number of aliphatic hydroxyl groups is 2. The molecular formula is C42H42F2N4O12S2. The van der Waals surface area contributed by atoms with E-state index in [4.69, 9.17) is 0 Å². The van der Waals surface area contributed by atoms with Crippen LogP contribution in [0.15, 0.2) is 104 Å². The van der Waals surface area contributed by atoms with Gasteiger partial charge in [0.25, 0.3) is 11.1 Å². The molecule has 8 atom stereocenters. The zero-order chi connectivity index (χ0) is 45.0. The van der Waals surface area contributed by atoms with Gasteiger partial charge in [0.2, 0.25) is 20.0 Å². The van der Waals surface area contributed by atoms with Crippen LogP contribution in [0.4, 0.5) is 8.78 Å². The highest BCUT2D eigenvalue weighted by Crippen LogP contribution is 2.52. The average Bonchev–Trinajstić information content (AvgIpc) is 3.65. The van der Waals surface area contributed by atoms with Crippen molar-refractivity contribution in [2.45, 2.75) is 60.9 Å². The Morgan fingerprint density at radius 1 is 0.629 bits per heavy atom. The molecule has 0 radical (unpaired) electrons. The predicted octanol–water partition coefficient (Wildman–Crippen LogP) is 2.92. The number of halogens is 2. The number of hydrogen-bond acceptors (Lipinski definition) is 10. The standard InChI is InChI=1S/2C21H21FN2O6S/c2*1-2-5-12-8-9-15-19-18(21(27)28)13(11-25)16(10-23(15)20(12)26)24(19)31(29,30)17-7-4-3-6-14(17)22/h2*2-9,13,16,18-19,25H,10-11H2,1H3,(H,27,28)/b5-2+;5-2-/t2*13-,16-,18+,19+/m11/s1. The zero-order valence-electron chi connectivity index (χ0n) is 33.1. The molecule has 0 amide bonds. The Kier molecular flexibility index (Phi) is 12.1. The summed E-state index contributed by atoms with van der Waals surface area (Å²) in [5, 5.41) is 39.7. The lowest BCUT2D eigenvalue weighted by atomic mass is 9.87. The quantitative estimate of drug-likeness (QED) is 0.180. The summed E-state index contributed by atoms with van der Waals surface area (Å²) in [6.45, 7) is 2.03. The molecule has 8 rings (SSSR count). The molecule has 2 fully saturated rings. The summed E-state index contributed by atoms with van der Waals surface area (Å²) < 4.78 is 87.4. The number of carboxylic acids is 2. The first-order valence-electron chi connectivity index (χ1n) is 19.4. The third-order valence-electron chi connectivity index (χ3n) is 12.1. The van der Waals surface area contributed by atoms with Crippen LogP contribution in [-0.2, 0) is 42.7 Å². The lowest BCUT2D eigenvalue weighted by Crippen LogP contribution is -2.49. The van der Waals surface area contributed by atoms with Crippen molar-refractivity contribution in [2.24, 2.45) is 23.7 Å². The molecule has 2 aromatic heterocycles. The number of carbonyl (C=O) groups is 2. The molecule has 62 heavy (non-hydrogen) atoms. The number of hydrogen-bond donors (Lipinski definition) is 4. The topological polar surface area (TPSA) is 234 Å². The molecule has 4 bridgehead atoms. The molecule has 2 saturated heterocycles. The van der Waals surface area contributed by atoms with E-state index in [-0.39, 0.29) is 35.6 Å². The SMILES string of the molecule is C/C=C/c1ccc2n(c1=O)C[C@@H]1[C@@H](CO)[C@H](C(=O)O)[C@H]2N1S(=O)(=O)c1ccccc1F.C/C=C\c1ccc2n(c1=O)C[C@@H]1[C@@H](CO)[C@H](C(=O)O)[C@H]2N1S(=O)(=O)c1ccccc1F. The van der Waals surface area contributed by atoms with Crippen LogP contribution in [0.1, 0.15) is 48.4 Å². The number of aliphatic carboxylic acids is 2. The lowest BCUT2D eigenvalue weighted by molar-refractivity contribution is -0.145. The molecule has 0 spiro atoms. The molecule has 0 saturated carbocycles. The summed E-state index contributed by atoms with van der Waals surface area (Å²) in [7, 11) is -8.92. The number of carboxylic acid groups (broad SMARTS) is 2. The molecule has 2 aromatic carbocycles. The lowest BCUT2D eigenvalue weighted by Gasteiger charge is -2.37. The summed E-state index contributed by atoms with van der Waals surface area (Å²) >= 11 is 0. The summed E-state index contributed by atoms with van der Waals surface area (Å²) in [5.41, 5.74) is 0.412. The molecule has 0 unspecified atom stereocenters. The van der Waals surface area contributed by atoms with Crippen LogP contribution in [0.2, 0.25) is 0 Å². The number of rotatable bonds is 10. The van der Waals surface area contributed by atoms with Crippen LogP contribution in [0, 0.1) is 35.3 Å². The number of fused-ring (bicyclic) bond motifs is 8. The molecule has 16 nitrogen and oxygen atoms in total. The molecule has 328 valence electrons. The molecule has 4 N–H and O–H groups in total. The van der Waals surface area contributed by atoms with E-state index in [1.165, 1.54) is 57.7 Å². The van der Waals surface area contributed by atoms with E-state index in [2.05, 4.69) is 0 Å². The molecule has 6 heterocycles. The van der Waals surface area contributed by atoms with Gasteiger partial charge in [-0.3, -0.25) is 19.2 Å². The van der Waals surface area contributed by atoms with E-state index >= 15 is 0 Å². The minimum atomic E-state index is -4.46. The van der Waals surface area contributed by atoms with Crippen LogP contribution in [0.5, 0.6) is 0 Å². The number of nitrogens with zero attached hydrogens (tertiary/aromatic N) is 4. The first kappa shape index (κ1) is 44.4. The molecule has 4 aliphatic heterocycles. The van der Waals surface area contributed by atoms with Gasteiger partial charge in [-0.15, -0.1) is 0 Å². The van der Waals surface area contributed by atoms with Crippen molar-refractivity contribution in [3.8, 4) is 0 Å². The van der Waals surface area contributed by atoms with Gasteiger partial charge in [0.05, 0.1) is 23.9 Å². The minimum absolute atomic E-state index is 0.140. The van der Waals surface area contributed by atoms with Crippen molar-refractivity contribution in [1.29, 1.82) is 0 Å². The first-order chi connectivity index (χ1) is 29.5. The number of sulfonamides is 2. The first-order valence-corrected chi connectivity index (χ1v) is 22.3. The minimum Gasteiger partial charge on any atom is -0.481 e. The number of benzene rings is 2. The zero-order valence-corrected chi connectivity index (χ0v) is 34.7. The summed E-state index contributed by atoms with van der Waals surface area (Å²) in [5.74, 6) is -9.02. The van der Waals surface area contributed by atoms with Gasteiger partial charge in [-0.2, -0.15) is 8.61 Å². The maximum absolute atomic E-state index is 14.4. The average molecular weight is 897 g/mol. The van der Waals surface area contributed by atoms with E-state index in [9.17, 15) is 65.2 Å². The van der Waals surface area contributed by atoms with Crippen LogP contribution in [-0.4, -0.2) is 92.2 Å². The second-order valence-corrected chi connectivity index (χ2v) is 18.9. The Morgan fingerprint density at radius 2 is 0.984 bits per heavy atom. The van der Waals surface area contributed by atoms with Crippen LogP contribution >= 0.6 is 0 Å². The van der Waals surface area contributed by atoms with Crippen molar-refractivity contribution < 1.29 is 55.6 Å². The van der Waals surface area contributed by atoms with E-state index in [1.807, 2.05) is 0 Å². The second kappa shape index (κ2) is 16.9. The van der Waals surface area contributed by atoms with Crippen molar-refractivity contribution in [2.75, 3.05) is 13.2 Å². The van der Waals surface area contributed by atoms with Crippen molar-refractivity contribution in [1.82, 2.24) is 17.7 Å². The Hall–Kier alpha value is -5.64. The normalized spacial score (nSPS) is 25.6. The van der Waals surface area contributed by atoms with Gasteiger partial charge in [-0.1, -0.05) is 48.6 Å². The molecular weight excluding hydrogens is 855 g/mol. The highest BCUT2D eigenvalue weighted by Gasteiger charge is 2.62. The Morgan fingerprint density at radius 3 is 1.29 bits per heavy atom. The molecule has 20 heteroatoms. The van der Waals surface area contributed by atoms with E-state index in [0.717, 1.165) is 32.9 Å². The summed E-state index contributed by atoms with van der Waals surface area (Å²) in [6, 6.07) is 11.2. The third kappa shape index (κ3) is 7.03. The fraction of sp³-hybridized carbons (Fsp3) is 0.333. The van der Waals surface area contributed by atoms with Gasteiger partial charge >= 0.3 is 11.9 Å². The number of aromatic nitrogens is 2. The monoisotopic (exact) mass is 896 g/mol. The Bertz CT molecular complexity index is 2670. The number of pyridine rings is 2. The van der Waals surface area contributed by atoms with Crippen LogP contribution < -0.4 is 11.1 Å². The fourth-order valence-electron chi connectivity index (χ4n) is 9.51. The van der Waals surface area contributed by atoms with Gasteiger partial charge < -0.3 is 29.6 Å². The van der Waals surface area contributed by atoms with Crippen molar-refractivity contribution in [3.63, 3.8) is 0 Å². The molecule has 4 aliphatic rings. The summed E-state index contributed by atoms with van der Waals surface area (Å²) in [6.07, 6.45) is 6.59. The van der Waals surface area contributed by atoms with Crippen molar-refractivity contribution >= 4 is 44.1 Å². The summed E-state index contributed by atoms with van der Waals surface area (Å²) in [4.78, 5) is 49.0. The second-order valence-electron chi connectivity index (χ2n) is 15.2. The maximum Gasteiger partial charge on any atom is 0.308 e. The van der Waals surface area contributed by atoms with Gasteiger partial charge in [0.15, 0.2) is 0 Å². The Balaban J connectivity index is 0.000000186. The van der Waals surface area contributed by atoms with E-state index < -0.39 is 114 Å². The number of allylic oxidation sites excluding steroid dienone is 2. The van der Waals surface area contributed by atoms with Gasteiger partial charge in [-0.25, -0.2) is 25.6 Å². The largest absolute Gasteiger partial charge is 0.481 e. The molecule has 0 aliphatic carbocycles. The highest BCUT2D eigenvalue weighted by molar-refractivity contribution is 7.89. The van der Waals surface area contributed by atoms with Gasteiger partial charge in [0, 0.05) is 72.7 Å². The number of aliphatic hydroxyl groups excluding tert-OH is 2. The maximum atomic E-state index is 14.4. The predicted molar refractivity (Wildman–Crippen MR) is 218 cm³/mol. The van der Waals surface area contributed by atoms with Crippen LogP contribution in [0.3, 0.4) is 0 Å². The van der Waals surface area contributed by atoms with Crippen LogP contribution in [0.25, 0.3) is 12.2 Å². The van der Waals surface area contributed by atoms with Gasteiger partial charge in [-0.05, 0) is 62.4 Å². The van der Waals surface area contributed by atoms with E-state index in [1.54, 1.807) is 38.2 Å². The van der Waals surface area contributed by atoms with E-state index in [0.29, 0.717) is 11.1 Å². The smallest absolute Gasteiger partial charge is 0.308 e. The Labute approximate surface area is 354 Å². The highest BCUT2D eigenvalue weighted by atomic mass is 32.2.